The standard InChI is InChI=1S/C18H15N3O3S/c1-11(15-8-12-4-2-3-5-14(12)24-15)20-16(22)9-21-10-19-13-6-7-25-17(13)18(21)23/h2-8,10-11H,9H2,1H3,(H,20,22)/t11-/m0/s1. The van der Waals surface area contributed by atoms with Gasteiger partial charge in [-0.25, -0.2) is 4.98 Å². The fourth-order valence-electron chi connectivity index (χ4n) is 2.72. The molecule has 0 saturated carbocycles. The number of aromatic nitrogens is 2. The molecule has 6 nitrogen and oxygen atoms in total. The second kappa shape index (κ2) is 6.18. The average molecular weight is 353 g/mol. The van der Waals surface area contributed by atoms with E-state index in [1.54, 1.807) is 6.07 Å². The second-order valence-electron chi connectivity index (χ2n) is 5.79. The smallest absolute Gasteiger partial charge is 0.271 e. The predicted molar refractivity (Wildman–Crippen MR) is 96.7 cm³/mol. The Hall–Kier alpha value is -2.93. The molecule has 4 rings (SSSR count). The van der Waals surface area contributed by atoms with Crippen LogP contribution in [-0.4, -0.2) is 15.5 Å². The number of hydrogen-bond acceptors (Lipinski definition) is 5. The van der Waals surface area contributed by atoms with Crippen LogP contribution in [0, 0.1) is 0 Å². The molecule has 1 aromatic carbocycles. The van der Waals surface area contributed by atoms with E-state index >= 15 is 0 Å². The van der Waals surface area contributed by atoms with Crippen molar-refractivity contribution in [1.82, 2.24) is 14.9 Å². The molecule has 3 heterocycles. The van der Waals surface area contributed by atoms with Gasteiger partial charge in [0.1, 0.15) is 22.6 Å². The minimum atomic E-state index is -0.297. The van der Waals surface area contributed by atoms with E-state index in [1.807, 2.05) is 42.6 Å². The van der Waals surface area contributed by atoms with Crippen molar-refractivity contribution in [2.75, 3.05) is 0 Å². The summed E-state index contributed by atoms with van der Waals surface area (Å²) < 4.78 is 7.63. The molecule has 126 valence electrons. The zero-order valence-corrected chi connectivity index (χ0v) is 14.2. The van der Waals surface area contributed by atoms with Crippen LogP contribution in [0.2, 0.25) is 0 Å². The summed E-state index contributed by atoms with van der Waals surface area (Å²) in [5.41, 5.74) is 1.23. The Morgan fingerprint density at radius 2 is 2.20 bits per heavy atom. The monoisotopic (exact) mass is 353 g/mol. The number of nitrogens with zero attached hydrogens (tertiary/aromatic N) is 2. The molecule has 0 spiro atoms. The first-order valence-electron chi connectivity index (χ1n) is 7.82. The highest BCUT2D eigenvalue weighted by atomic mass is 32.1. The van der Waals surface area contributed by atoms with Crippen molar-refractivity contribution in [2.45, 2.75) is 19.5 Å². The van der Waals surface area contributed by atoms with Gasteiger partial charge in [-0.2, -0.15) is 0 Å². The van der Waals surface area contributed by atoms with Gasteiger partial charge in [-0.15, -0.1) is 11.3 Å². The van der Waals surface area contributed by atoms with E-state index < -0.39 is 0 Å². The lowest BCUT2D eigenvalue weighted by atomic mass is 10.2. The van der Waals surface area contributed by atoms with Crippen molar-refractivity contribution in [2.24, 2.45) is 0 Å². The number of benzene rings is 1. The third kappa shape index (κ3) is 2.94. The van der Waals surface area contributed by atoms with E-state index in [1.165, 1.54) is 22.2 Å². The highest BCUT2D eigenvalue weighted by molar-refractivity contribution is 7.17. The Morgan fingerprint density at radius 3 is 3.04 bits per heavy atom. The normalized spacial score (nSPS) is 12.5. The lowest BCUT2D eigenvalue weighted by molar-refractivity contribution is -0.122. The average Bonchev–Trinajstić information content (AvgIpc) is 3.24. The first kappa shape index (κ1) is 15.6. The number of carbonyl (C=O) groups is 1. The van der Waals surface area contributed by atoms with Gasteiger partial charge < -0.3 is 9.73 Å². The molecule has 3 aromatic heterocycles. The summed E-state index contributed by atoms with van der Waals surface area (Å²) in [6.07, 6.45) is 1.41. The van der Waals surface area contributed by atoms with Crippen LogP contribution in [-0.2, 0) is 11.3 Å². The quantitative estimate of drug-likeness (QED) is 0.612. The molecule has 0 unspecified atom stereocenters. The van der Waals surface area contributed by atoms with Crippen LogP contribution in [0.25, 0.3) is 21.2 Å². The van der Waals surface area contributed by atoms with Crippen LogP contribution in [0.3, 0.4) is 0 Å². The van der Waals surface area contributed by atoms with Gasteiger partial charge in [-0.3, -0.25) is 14.2 Å². The summed E-state index contributed by atoms with van der Waals surface area (Å²) in [4.78, 5) is 28.8. The molecular weight excluding hydrogens is 338 g/mol. The van der Waals surface area contributed by atoms with E-state index in [4.69, 9.17) is 4.42 Å². The number of thiophene rings is 1. The van der Waals surface area contributed by atoms with E-state index in [0.717, 1.165) is 11.0 Å². The highest BCUT2D eigenvalue weighted by Crippen LogP contribution is 2.23. The largest absolute Gasteiger partial charge is 0.459 e. The van der Waals surface area contributed by atoms with E-state index in [0.29, 0.717) is 16.0 Å². The Kier molecular flexibility index (Phi) is 3.85. The molecule has 0 saturated heterocycles. The summed E-state index contributed by atoms with van der Waals surface area (Å²) in [7, 11) is 0. The molecule has 4 aromatic rings. The van der Waals surface area contributed by atoms with Gasteiger partial charge in [-0.05, 0) is 30.5 Å². The van der Waals surface area contributed by atoms with Crippen molar-refractivity contribution in [3.05, 3.63) is 64.2 Å². The van der Waals surface area contributed by atoms with Gasteiger partial charge in [0, 0.05) is 5.39 Å². The summed E-state index contributed by atoms with van der Waals surface area (Å²) in [6.45, 7) is 1.77. The van der Waals surface area contributed by atoms with E-state index in [9.17, 15) is 9.59 Å². The highest BCUT2D eigenvalue weighted by Gasteiger charge is 2.15. The molecule has 1 atom stereocenters. The van der Waals surface area contributed by atoms with Crippen LogP contribution in [0.5, 0.6) is 0 Å². The summed E-state index contributed by atoms with van der Waals surface area (Å²) >= 11 is 1.33. The van der Waals surface area contributed by atoms with Crippen LogP contribution in [0.15, 0.2) is 57.3 Å². The van der Waals surface area contributed by atoms with Gasteiger partial charge in [0.2, 0.25) is 5.91 Å². The topological polar surface area (TPSA) is 77.1 Å². The molecule has 0 fully saturated rings. The molecule has 0 bridgehead atoms. The van der Waals surface area contributed by atoms with Crippen LogP contribution in [0.4, 0.5) is 0 Å². The molecule has 0 radical (unpaired) electrons. The lowest BCUT2D eigenvalue weighted by Gasteiger charge is -2.12. The van der Waals surface area contributed by atoms with Crippen molar-refractivity contribution >= 4 is 38.4 Å². The predicted octanol–water partition coefficient (Wildman–Crippen LogP) is 3.08. The molecule has 0 aliphatic carbocycles. The van der Waals surface area contributed by atoms with Gasteiger partial charge in [0.25, 0.3) is 5.56 Å². The van der Waals surface area contributed by atoms with Crippen LogP contribution < -0.4 is 10.9 Å². The fourth-order valence-corrected chi connectivity index (χ4v) is 3.51. The zero-order chi connectivity index (χ0) is 17.4. The minimum Gasteiger partial charge on any atom is -0.459 e. The Morgan fingerprint density at radius 1 is 1.36 bits per heavy atom. The minimum absolute atomic E-state index is 0.0791. The number of para-hydroxylation sites is 1. The zero-order valence-electron chi connectivity index (χ0n) is 13.4. The molecule has 7 heteroatoms. The number of hydrogen-bond donors (Lipinski definition) is 1. The summed E-state index contributed by atoms with van der Waals surface area (Å²) in [5.74, 6) is 0.404. The first-order chi connectivity index (χ1) is 12.1. The Bertz CT molecular complexity index is 1090. The Labute approximate surface area is 146 Å². The maximum atomic E-state index is 12.3. The number of rotatable bonds is 4. The molecular formula is C18H15N3O3S. The summed E-state index contributed by atoms with van der Waals surface area (Å²) in [5, 5.41) is 5.66. The van der Waals surface area contributed by atoms with Crippen molar-refractivity contribution in [3.63, 3.8) is 0 Å². The number of fused-ring (bicyclic) bond motifs is 2. The van der Waals surface area contributed by atoms with Crippen molar-refractivity contribution in [3.8, 4) is 0 Å². The SMILES string of the molecule is C[C@H](NC(=O)Cn1cnc2ccsc2c1=O)c1cc2ccccc2o1. The molecule has 1 amide bonds. The van der Waals surface area contributed by atoms with Crippen molar-refractivity contribution < 1.29 is 9.21 Å². The van der Waals surface area contributed by atoms with Gasteiger partial charge in [0.15, 0.2) is 0 Å². The van der Waals surface area contributed by atoms with Crippen molar-refractivity contribution in [1.29, 1.82) is 0 Å². The maximum absolute atomic E-state index is 12.3. The fraction of sp³-hybridized carbons (Fsp3) is 0.167. The maximum Gasteiger partial charge on any atom is 0.271 e. The molecule has 25 heavy (non-hydrogen) atoms. The van der Waals surface area contributed by atoms with Gasteiger partial charge in [-0.1, -0.05) is 18.2 Å². The van der Waals surface area contributed by atoms with Gasteiger partial charge >= 0.3 is 0 Å². The third-order valence-corrected chi connectivity index (χ3v) is 4.89. The number of amides is 1. The molecule has 1 N–H and O–H groups in total. The van der Waals surface area contributed by atoms with E-state index in [2.05, 4.69) is 10.3 Å². The van der Waals surface area contributed by atoms with E-state index in [-0.39, 0.29) is 24.1 Å². The number of furan rings is 1. The number of carbonyl (C=O) groups excluding carboxylic acids is 1. The first-order valence-corrected chi connectivity index (χ1v) is 8.70. The number of nitrogens with one attached hydrogen (secondary N) is 1. The third-order valence-electron chi connectivity index (χ3n) is 4.00. The van der Waals surface area contributed by atoms with Gasteiger partial charge in [0.05, 0.1) is 17.9 Å². The van der Waals surface area contributed by atoms with Crippen LogP contribution >= 0.6 is 11.3 Å². The lowest BCUT2D eigenvalue weighted by Crippen LogP contribution is -2.33. The second-order valence-corrected chi connectivity index (χ2v) is 6.70. The summed E-state index contributed by atoms with van der Waals surface area (Å²) in [6, 6.07) is 11.1. The Balaban J connectivity index is 1.50. The molecule has 0 aliphatic rings. The molecule has 0 aliphatic heterocycles. The van der Waals surface area contributed by atoms with Crippen LogP contribution in [0.1, 0.15) is 18.7 Å².